The molecule has 1 unspecified atom stereocenters. The van der Waals surface area contributed by atoms with Gasteiger partial charge in [0.1, 0.15) is 5.75 Å². The Morgan fingerprint density at radius 1 is 1.03 bits per heavy atom. The van der Waals surface area contributed by atoms with Crippen LogP contribution in [0, 0.1) is 0 Å². The van der Waals surface area contributed by atoms with E-state index in [4.69, 9.17) is 4.74 Å². The van der Waals surface area contributed by atoms with E-state index in [0.717, 1.165) is 28.1 Å². The molecule has 7 heteroatoms. The van der Waals surface area contributed by atoms with Gasteiger partial charge < -0.3 is 14.8 Å². The number of alkyl halides is 3. The second-order valence-electron chi connectivity index (χ2n) is 7.76. The molecule has 2 aromatic rings. The van der Waals surface area contributed by atoms with Crippen molar-refractivity contribution in [2.45, 2.75) is 31.7 Å². The molecule has 0 saturated heterocycles. The standard InChI is InChI=1S/C25H22F3NO3/c1-16-22(29-21-5-3-4-14-24(21,31-2)23(16)30)19-10-6-17(7-11-19)15-18-8-12-20(13-9-18)32-25(26,27)28/h3-13,29H,14-15H2,1-2H3. The van der Waals surface area contributed by atoms with E-state index in [1.807, 2.05) is 42.5 Å². The Labute approximate surface area is 184 Å². The third-order valence-corrected chi connectivity index (χ3v) is 5.74. The lowest BCUT2D eigenvalue weighted by Crippen LogP contribution is -2.51. The summed E-state index contributed by atoms with van der Waals surface area (Å²) < 4.78 is 46.4. The van der Waals surface area contributed by atoms with E-state index in [-0.39, 0.29) is 11.5 Å². The number of carbonyl (C=O) groups is 1. The highest BCUT2D eigenvalue weighted by Gasteiger charge is 2.46. The molecule has 32 heavy (non-hydrogen) atoms. The van der Waals surface area contributed by atoms with Crippen LogP contribution in [0.2, 0.25) is 0 Å². The summed E-state index contributed by atoms with van der Waals surface area (Å²) in [6.45, 7) is 1.79. The molecule has 166 valence electrons. The highest BCUT2D eigenvalue weighted by atomic mass is 19.4. The van der Waals surface area contributed by atoms with Crippen molar-refractivity contribution in [3.8, 4) is 5.75 Å². The molecule has 0 bridgehead atoms. The van der Waals surface area contributed by atoms with Gasteiger partial charge in [-0.25, -0.2) is 0 Å². The summed E-state index contributed by atoms with van der Waals surface area (Å²) in [5.74, 6) is -0.305. The van der Waals surface area contributed by atoms with Crippen molar-refractivity contribution in [2.75, 3.05) is 7.11 Å². The average molecular weight is 441 g/mol. The van der Waals surface area contributed by atoms with Crippen LogP contribution in [0.4, 0.5) is 13.2 Å². The first kappa shape index (κ1) is 21.9. The smallest absolute Gasteiger partial charge is 0.406 e. The van der Waals surface area contributed by atoms with Crippen LogP contribution < -0.4 is 10.1 Å². The molecule has 1 N–H and O–H groups in total. The highest BCUT2D eigenvalue weighted by molar-refractivity contribution is 6.11. The molecule has 0 fully saturated rings. The van der Waals surface area contributed by atoms with Crippen LogP contribution in [0.25, 0.3) is 5.70 Å². The minimum absolute atomic E-state index is 0.0606. The molecular formula is C25H22F3NO3. The van der Waals surface area contributed by atoms with Gasteiger partial charge in [-0.15, -0.1) is 13.2 Å². The summed E-state index contributed by atoms with van der Waals surface area (Å²) in [5, 5.41) is 3.38. The zero-order valence-corrected chi connectivity index (χ0v) is 17.6. The molecule has 1 heterocycles. The molecule has 1 aliphatic heterocycles. The van der Waals surface area contributed by atoms with Gasteiger partial charge >= 0.3 is 6.36 Å². The van der Waals surface area contributed by atoms with Crippen LogP contribution in [-0.2, 0) is 16.0 Å². The van der Waals surface area contributed by atoms with Crippen LogP contribution in [0.5, 0.6) is 5.75 Å². The Morgan fingerprint density at radius 2 is 1.66 bits per heavy atom. The minimum Gasteiger partial charge on any atom is -0.406 e. The number of ketones is 1. The quantitative estimate of drug-likeness (QED) is 0.683. The van der Waals surface area contributed by atoms with Crippen molar-refractivity contribution in [1.82, 2.24) is 5.32 Å². The lowest BCUT2D eigenvalue weighted by molar-refractivity contribution is -0.274. The summed E-state index contributed by atoms with van der Waals surface area (Å²) in [5.41, 5.74) is 3.79. The number of fused-ring (bicyclic) bond motifs is 1. The summed E-state index contributed by atoms with van der Waals surface area (Å²) in [6.07, 6.45) is 2.02. The number of allylic oxidation sites excluding steroid dienone is 2. The van der Waals surface area contributed by atoms with Crippen molar-refractivity contribution in [2.24, 2.45) is 0 Å². The fraction of sp³-hybridized carbons (Fsp3) is 0.240. The Bertz CT molecular complexity index is 1110. The van der Waals surface area contributed by atoms with Crippen molar-refractivity contribution >= 4 is 11.5 Å². The predicted molar refractivity (Wildman–Crippen MR) is 115 cm³/mol. The fourth-order valence-corrected chi connectivity index (χ4v) is 4.05. The van der Waals surface area contributed by atoms with Gasteiger partial charge in [0.05, 0.1) is 11.4 Å². The number of nitrogens with one attached hydrogen (secondary N) is 1. The van der Waals surface area contributed by atoms with Gasteiger partial charge in [0.25, 0.3) is 0 Å². The number of hydrogen-bond donors (Lipinski definition) is 1. The summed E-state index contributed by atoms with van der Waals surface area (Å²) in [6, 6.07) is 13.6. The Balaban J connectivity index is 1.52. The second kappa shape index (κ2) is 8.31. The van der Waals surface area contributed by atoms with Gasteiger partial charge in [-0.05, 0) is 48.2 Å². The molecule has 0 amide bonds. The van der Waals surface area contributed by atoms with Crippen LogP contribution in [0.15, 0.2) is 78.0 Å². The van der Waals surface area contributed by atoms with Crippen LogP contribution >= 0.6 is 0 Å². The van der Waals surface area contributed by atoms with Crippen molar-refractivity contribution in [3.05, 3.63) is 94.7 Å². The van der Waals surface area contributed by atoms with Crippen molar-refractivity contribution < 1.29 is 27.4 Å². The van der Waals surface area contributed by atoms with E-state index >= 15 is 0 Å². The Kier molecular flexibility index (Phi) is 5.69. The molecule has 4 rings (SSSR count). The van der Waals surface area contributed by atoms with Gasteiger partial charge in [0.2, 0.25) is 0 Å². The first-order valence-electron chi connectivity index (χ1n) is 10.1. The van der Waals surface area contributed by atoms with Gasteiger partial charge in [0, 0.05) is 19.1 Å². The Morgan fingerprint density at radius 3 is 2.25 bits per heavy atom. The fourth-order valence-electron chi connectivity index (χ4n) is 4.05. The average Bonchev–Trinajstić information content (AvgIpc) is 2.77. The predicted octanol–water partition coefficient (Wildman–Crippen LogP) is 5.31. The second-order valence-corrected chi connectivity index (χ2v) is 7.76. The summed E-state index contributed by atoms with van der Waals surface area (Å²) in [7, 11) is 1.54. The highest BCUT2D eigenvalue weighted by Crippen LogP contribution is 2.38. The maximum absolute atomic E-state index is 13.1. The van der Waals surface area contributed by atoms with Crippen LogP contribution in [0.3, 0.4) is 0 Å². The molecule has 2 aliphatic rings. The maximum Gasteiger partial charge on any atom is 0.573 e. The largest absolute Gasteiger partial charge is 0.573 e. The van der Waals surface area contributed by atoms with Crippen LogP contribution in [-0.4, -0.2) is 24.9 Å². The van der Waals surface area contributed by atoms with Gasteiger partial charge in [0.15, 0.2) is 11.4 Å². The minimum atomic E-state index is -4.70. The summed E-state index contributed by atoms with van der Waals surface area (Å²) in [4.78, 5) is 13.1. The van der Waals surface area contributed by atoms with Gasteiger partial charge in [-0.3, -0.25) is 4.79 Å². The Hall–Kier alpha value is -3.32. The van der Waals surface area contributed by atoms with Crippen molar-refractivity contribution in [3.63, 3.8) is 0 Å². The normalized spacial score (nSPS) is 20.5. The van der Waals surface area contributed by atoms with E-state index in [1.54, 1.807) is 26.2 Å². The van der Waals surface area contributed by atoms with E-state index in [0.29, 0.717) is 18.4 Å². The van der Waals surface area contributed by atoms with Gasteiger partial charge in [-0.2, -0.15) is 0 Å². The first-order valence-corrected chi connectivity index (χ1v) is 10.1. The van der Waals surface area contributed by atoms with E-state index in [1.165, 1.54) is 12.1 Å². The van der Waals surface area contributed by atoms with E-state index in [2.05, 4.69) is 10.1 Å². The lowest BCUT2D eigenvalue weighted by Gasteiger charge is -2.39. The number of rotatable bonds is 5. The first-order chi connectivity index (χ1) is 15.2. The molecule has 1 aliphatic carbocycles. The third kappa shape index (κ3) is 4.21. The summed E-state index contributed by atoms with van der Waals surface area (Å²) >= 11 is 0. The lowest BCUT2D eigenvalue weighted by atomic mass is 9.79. The van der Waals surface area contributed by atoms with Crippen molar-refractivity contribution in [1.29, 1.82) is 0 Å². The monoisotopic (exact) mass is 441 g/mol. The third-order valence-electron chi connectivity index (χ3n) is 5.74. The molecule has 0 saturated carbocycles. The molecular weight excluding hydrogens is 419 g/mol. The number of carbonyl (C=O) groups excluding carboxylic acids is 1. The van der Waals surface area contributed by atoms with Crippen LogP contribution in [0.1, 0.15) is 30.0 Å². The molecule has 2 aromatic carbocycles. The van der Waals surface area contributed by atoms with E-state index in [9.17, 15) is 18.0 Å². The number of methoxy groups -OCH3 is 1. The number of benzene rings is 2. The molecule has 4 nitrogen and oxygen atoms in total. The van der Waals surface area contributed by atoms with E-state index < -0.39 is 12.0 Å². The van der Waals surface area contributed by atoms with Gasteiger partial charge in [-0.1, -0.05) is 48.6 Å². The zero-order valence-electron chi connectivity index (χ0n) is 17.6. The number of halogens is 3. The molecule has 0 spiro atoms. The number of ether oxygens (including phenoxy) is 2. The molecule has 0 radical (unpaired) electrons. The number of hydrogen-bond acceptors (Lipinski definition) is 4. The maximum atomic E-state index is 13.1. The zero-order chi connectivity index (χ0) is 22.9. The SMILES string of the molecule is COC12CC=CC=C1NC(c1ccc(Cc3ccc(OC(F)(F)F)cc3)cc1)=C(C)C2=O. The number of Topliss-reactive ketones (excluding diaryl/α,β-unsaturated/α-hetero) is 1. The molecule has 1 atom stereocenters. The molecule has 0 aromatic heterocycles. The topological polar surface area (TPSA) is 47.6 Å².